The Balaban J connectivity index is 3.25. The van der Waals surface area contributed by atoms with Crippen LogP contribution in [0.4, 0.5) is 3.89 Å². The van der Waals surface area contributed by atoms with E-state index in [4.69, 9.17) is 0 Å². The predicted molar refractivity (Wildman–Crippen MR) is 51.7 cm³/mol. The van der Waals surface area contributed by atoms with Crippen molar-refractivity contribution in [2.24, 2.45) is 0 Å². The summed E-state index contributed by atoms with van der Waals surface area (Å²) in [7, 11) is -3.62. The molecule has 0 spiro atoms. The molecular formula is C6H4BrFO4S2. The van der Waals surface area contributed by atoms with Crippen molar-refractivity contribution in [2.45, 2.75) is 4.21 Å². The van der Waals surface area contributed by atoms with Crippen molar-refractivity contribution in [2.75, 3.05) is 7.11 Å². The Hall–Kier alpha value is -0.470. The van der Waals surface area contributed by atoms with Crippen molar-refractivity contribution in [1.82, 2.24) is 0 Å². The highest BCUT2D eigenvalue weighted by atomic mass is 79.9. The average molecular weight is 303 g/mol. The quantitative estimate of drug-likeness (QED) is 0.619. The van der Waals surface area contributed by atoms with Gasteiger partial charge in [-0.2, -0.15) is 8.42 Å². The summed E-state index contributed by atoms with van der Waals surface area (Å²) in [5.74, 6) is -0.719. The standard InChI is InChI=1S/C6H4BrFO4S2/c1-12-6(9)3-2-4(13-5(3)7)14(8,10)11/h2H,1H3. The SMILES string of the molecule is COC(=O)c1cc(S(=O)(=O)F)sc1Br. The lowest BCUT2D eigenvalue weighted by Crippen LogP contribution is -1.99. The van der Waals surface area contributed by atoms with E-state index in [0.29, 0.717) is 11.3 Å². The molecule has 0 bridgehead atoms. The minimum absolute atomic E-state index is 0.00581. The van der Waals surface area contributed by atoms with Crippen LogP contribution < -0.4 is 0 Å². The van der Waals surface area contributed by atoms with E-state index >= 15 is 0 Å². The number of hydrogen-bond acceptors (Lipinski definition) is 5. The molecule has 1 aromatic heterocycles. The fourth-order valence-electron chi connectivity index (χ4n) is 0.717. The number of hydrogen-bond donors (Lipinski definition) is 0. The molecule has 0 aliphatic rings. The second kappa shape index (κ2) is 3.95. The van der Waals surface area contributed by atoms with Crippen LogP contribution in [0.5, 0.6) is 0 Å². The van der Waals surface area contributed by atoms with Crippen LogP contribution in [0.3, 0.4) is 0 Å². The van der Waals surface area contributed by atoms with Crippen LogP contribution in [0.2, 0.25) is 0 Å². The van der Waals surface area contributed by atoms with Gasteiger partial charge in [0.1, 0.15) is 0 Å². The third-order valence-electron chi connectivity index (χ3n) is 1.31. The van der Waals surface area contributed by atoms with Gasteiger partial charge in [0.25, 0.3) is 0 Å². The Morgan fingerprint density at radius 2 is 2.21 bits per heavy atom. The first-order chi connectivity index (χ1) is 6.36. The number of methoxy groups -OCH3 is 1. The number of carbonyl (C=O) groups excluding carboxylic acids is 1. The van der Waals surface area contributed by atoms with E-state index in [-0.39, 0.29) is 9.35 Å². The molecule has 0 atom stereocenters. The fraction of sp³-hybridized carbons (Fsp3) is 0.167. The zero-order valence-electron chi connectivity index (χ0n) is 6.78. The van der Waals surface area contributed by atoms with Crippen molar-refractivity contribution in [3.63, 3.8) is 0 Å². The number of halogens is 2. The molecule has 0 saturated heterocycles. The minimum Gasteiger partial charge on any atom is -0.465 e. The molecule has 0 saturated carbocycles. The highest BCUT2D eigenvalue weighted by molar-refractivity contribution is 9.11. The van der Waals surface area contributed by atoms with Gasteiger partial charge in [-0.15, -0.1) is 11.3 Å². The average Bonchev–Trinajstić information content (AvgIpc) is 2.45. The topological polar surface area (TPSA) is 60.4 Å². The van der Waals surface area contributed by atoms with Gasteiger partial charge in [0, 0.05) is 0 Å². The third-order valence-corrected chi connectivity index (χ3v) is 4.39. The molecule has 4 nitrogen and oxygen atoms in total. The maximum atomic E-state index is 12.5. The van der Waals surface area contributed by atoms with Gasteiger partial charge < -0.3 is 4.74 Å². The molecule has 0 unspecified atom stereocenters. The summed E-state index contributed by atoms with van der Waals surface area (Å²) < 4.78 is 37.5. The Bertz CT molecular complexity index is 464. The molecule has 0 aromatic carbocycles. The Kier molecular flexibility index (Phi) is 3.28. The zero-order valence-corrected chi connectivity index (χ0v) is 10.0. The Morgan fingerprint density at radius 1 is 1.64 bits per heavy atom. The first-order valence-corrected chi connectivity index (χ1v) is 6.18. The maximum absolute atomic E-state index is 12.5. The number of thiophene rings is 1. The molecule has 1 rings (SSSR count). The molecule has 1 heterocycles. The number of esters is 1. The molecule has 0 radical (unpaired) electrons. The van der Waals surface area contributed by atoms with Gasteiger partial charge in [0.2, 0.25) is 0 Å². The summed E-state index contributed by atoms with van der Waals surface area (Å²) >= 11 is 3.56. The fourth-order valence-corrected chi connectivity index (χ4v) is 3.35. The Morgan fingerprint density at radius 3 is 2.57 bits per heavy atom. The van der Waals surface area contributed by atoms with Crippen LogP contribution >= 0.6 is 27.3 Å². The summed E-state index contributed by atoms with van der Waals surface area (Å²) in [6, 6.07) is 0.927. The van der Waals surface area contributed by atoms with Gasteiger partial charge in [-0.05, 0) is 22.0 Å². The van der Waals surface area contributed by atoms with Crippen molar-refractivity contribution in [3.8, 4) is 0 Å². The smallest absolute Gasteiger partial charge is 0.341 e. The summed E-state index contributed by atoms with van der Waals surface area (Å²) in [4.78, 5) is 11.0. The maximum Gasteiger partial charge on any atom is 0.341 e. The predicted octanol–water partition coefficient (Wildman–Crippen LogP) is 1.96. The first kappa shape index (κ1) is 11.6. The van der Waals surface area contributed by atoms with Gasteiger partial charge >= 0.3 is 16.2 Å². The molecule has 14 heavy (non-hydrogen) atoms. The highest BCUT2D eigenvalue weighted by Gasteiger charge is 2.22. The van der Waals surface area contributed by atoms with Crippen molar-refractivity contribution >= 4 is 43.5 Å². The molecule has 78 valence electrons. The van der Waals surface area contributed by atoms with Gasteiger partial charge in [0.15, 0.2) is 4.21 Å². The van der Waals surface area contributed by atoms with E-state index in [1.165, 1.54) is 0 Å². The van der Waals surface area contributed by atoms with Crippen molar-refractivity contribution in [3.05, 3.63) is 15.4 Å². The lowest BCUT2D eigenvalue weighted by molar-refractivity contribution is 0.0600. The molecule has 8 heteroatoms. The van der Waals surface area contributed by atoms with Gasteiger partial charge in [-0.3, -0.25) is 0 Å². The van der Waals surface area contributed by atoms with E-state index in [1.54, 1.807) is 0 Å². The second-order valence-electron chi connectivity index (χ2n) is 2.18. The molecule has 0 N–H and O–H groups in total. The van der Waals surface area contributed by atoms with Crippen LogP contribution in [0.25, 0.3) is 0 Å². The minimum atomic E-state index is -4.77. The lowest BCUT2D eigenvalue weighted by atomic mass is 10.3. The van der Waals surface area contributed by atoms with Gasteiger partial charge in [-0.1, -0.05) is 3.89 Å². The molecule has 0 aliphatic heterocycles. The van der Waals surface area contributed by atoms with Crippen LogP contribution in [-0.2, 0) is 15.0 Å². The van der Waals surface area contributed by atoms with Crippen LogP contribution in [0.1, 0.15) is 10.4 Å². The monoisotopic (exact) mass is 302 g/mol. The van der Waals surface area contributed by atoms with E-state index in [0.717, 1.165) is 13.2 Å². The molecule has 0 amide bonds. The number of carbonyl (C=O) groups is 1. The van der Waals surface area contributed by atoms with Crippen molar-refractivity contribution < 1.29 is 21.8 Å². The molecule has 0 fully saturated rings. The number of ether oxygens (including phenoxy) is 1. The largest absolute Gasteiger partial charge is 0.465 e. The third kappa shape index (κ3) is 2.31. The zero-order chi connectivity index (χ0) is 10.9. The summed E-state index contributed by atoms with van der Waals surface area (Å²) in [5.41, 5.74) is -0.00581. The van der Waals surface area contributed by atoms with E-state index in [2.05, 4.69) is 20.7 Å². The van der Waals surface area contributed by atoms with E-state index in [9.17, 15) is 17.1 Å². The van der Waals surface area contributed by atoms with Crippen LogP contribution in [-0.4, -0.2) is 21.5 Å². The van der Waals surface area contributed by atoms with E-state index in [1.807, 2.05) is 0 Å². The Labute approximate surface area is 92.0 Å². The lowest BCUT2D eigenvalue weighted by Gasteiger charge is -1.93. The number of rotatable bonds is 2. The normalized spacial score (nSPS) is 11.4. The highest BCUT2D eigenvalue weighted by Crippen LogP contribution is 2.32. The van der Waals surface area contributed by atoms with Crippen molar-refractivity contribution in [1.29, 1.82) is 0 Å². The van der Waals surface area contributed by atoms with Crippen LogP contribution in [0.15, 0.2) is 14.1 Å². The van der Waals surface area contributed by atoms with Crippen LogP contribution in [0, 0.1) is 0 Å². The van der Waals surface area contributed by atoms with E-state index < -0.39 is 20.4 Å². The van der Waals surface area contributed by atoms with Gasteiger partial charge in [-0.25, -0.2) is 4.79 Å². The van der Waals surface area contributed by atoms with Gasteiger partial charge in [0.05, 0.1) is 16.5 Å². The first-order valence-electron chi connectivity index (χ1n) is 3.18. The molecule has 1 aromatic rings. The second-order valence-corrected chi connectivity index (χ2v) is 6.13. The summed E-state index contributed by atoms with van der Waals surface area (Å²) in [5, 5.41) is 0. The summed E-state index contributed by atoms with van der Waals surface area (Å²) in [6.45, 7) is 0. The molecular weight excluding hydrogens is 299 g/mol. The summed E-state index contributed by atoms with van der Waals surface area (Å²) in [6.07, 6.45) is 0. The molecule has 0 aliphatic carbocycles.